The zero-order chi connectivity index (χ0) is 44.5. The average molecular weight is 869 g/mol. The van der Waals surface area contributed by atoms with Crippen LogP contribution < -0.4 is 21.8 Å². The Labute approximate surface area is 373 Å². The summed E-state index contributed by atoms with van der Waals surface area (Å²) in [7, 11) is 0. The summed E-state index contributed by atoms with van der Waals surface area (Å²) < 4.78 is 3.66. The van der Waals surface area contributed by atoms with Crippen molar-refractivity contribution in [1.82, 2.24) is 39.5 Å². The van der Waals surface area contributed by atoms with Gasteiger partial charge in [0, 0.05) is 111 Å². The van der Waals surface area contributed by atoms with Gasteiger partial charge in [-0.05, 0) is 99.9 Å². The van der Waals surface area contributed by atoms with Crippen molar-refractivity contribution in [1.29, 1.82) is 0 Å². The van der Waals surface area contributed by atoms with Gasteiger partial charge in [-0.15, -0.1) is 0 Å². The van der Waals surface area contributed by atoms with Crippen molar-refractivity contribution in [2.45, 2.75) is 89.9 Å². The summed E-state index contributed by atoms with van der Waals surface area (Å²) in [5.41, 5.74) is 4.87. The summed E-state index contributed by atoms with van der Waals surface area (Å²) in [5.74, 6) is 0.617. The molecule has 2 saturated heterocycles. The van der Waals surface area contributed by atoms with Crippen molar-refractivity contribution in [2.75, 3.05) is 26.3 Å². The Morgan fingerprint density at radius 2 is 1.06 bits per heavy atom. The molecule has 4 fully saturated rings. The topological polar surface area (TPSA) is 175 Å². The summed E-state index contributed by atoms with van der Waals surface area (Å²) in [4.78, 5) is 66.1. The molecule has 2 saturated carbocycles. The van der Waals surface area contributed by atoms with Gasteiger partial charge in [0.05, 0.1) is 35.6 Å². The minimum Gasteiger partial charge on any atom is -0.396 e. The number of rotatable bonds is 14. The van der Waals surface area contributed by atoms with Crippen LogP contribution in [0.3, 0.4) is 0 Å². The normalized spacial score (nSPS) is 26.9. The Kier molecular flexibility index (Phi) is 12.9. The molecular formula is C50H60N8O6. The van der Waals surface area contributed by atoms with Crippen molar-refractivity contribution in [3.8, 4) is 0 Å². The number of hydrogen-bond donors (Lipinski definition) is 4. The average Bonchev–Trinajstić information content (AvgIpc) is 4.20. The molecule has 2 amide bonds. The largest absolute Gasteiger partial charge is 0.396 e. The van der Waals surface area contributed by atoms with Gasteiger partial charge in [0.1, 0.15) is 0 Å². The molecule has 0 bridgehead atoms. The van der Waals surface area contributed by atoms with E-state index >= 15 is 0 Å². The lowest BCUT2D eigenvalue weighted by Gasteiger charge is -2.30. The number of carbonyl (C=O) groups is 2. The lowest BCUT2D eigenvalue weighted by Crippen LogP contribution is -2.48. The fourth-order valence-electron chi connectivity index (χ4n) is 10.9. The molecule has 4 aromatic heterocycles. The van der Waals surface area contributed by atoms with Crippen molar-refractivity contribution >= 4 is 24.0 Å². The minimum absolute atomic E-state index is 0.00561. The van der Waals surface area contributed by atoms with E-state index in [0.29, 0.717) is 62.2 Å². The number of nitrogens with one attached hydrogen (secondary N) is 2. The fraction of sp³-hybridized carbons (Fsp3) is 0.480. The predicted molar refractivity (Wildman–Crippen MR) is 243 cm³/mol. The van der Waals surface area contributed by atoms with Crippen LogP contribution >= 0.6 is 0 Å². The van der Waals surface area contributed by atoms with Crippen LogP contribution in [0, 0.1) is 35.5 Å². The number of aromatic nitrogens is 4. The standard InChI is InChI=1S/2C25H30N4O3/c2*1-2-5-17-9-10-21-22-19(14-28(21)25(17)32)20(15-30)23(24(31)27-12-16-7-8-16)29(22)13-18-6-3-4-11-26-18/h2*2-6,9-11,16,19-20,22-23,30H,7-8,12-15H2,1H3,(H,27,31)/b5-2+;5-2-/t2*19-,20-,22+,23-/m00/s1. The van der Waals surface area contributed by atoms with Crippen LogP contribution in [-0.2, 0) is 35.8 Å². The van der Waals surface area contributed by atoms with Gasteiger partial charge in [-0.2, -0.15) is 0 Å². The van der Waals surface area contributed by atoms with Crippen molar-refractivity contribution in [3.05, 3.63) is 140 Å². The molecule has 0 unspecified atom stereocenters. The molecule has 4 aromatic rings. The summed E-state index contributed by atoms with van der Waals surface area (Å²) in [6, 6.07) is 18.2. The molecule has 10 rings (SSSR count). The van der Waals surface area contributed by atoms with Crippen molar-refractivity contribution in [2.24, 2.45) is 35.5 Å². The number of pyridine rings is 4. The molecule has 6 aliphatic rings. The third kappa shape index (κ3) is 8.56. The summed E-state index contributed by atoms with van der Waals surface area (Å²) in [5, 5.41) is 27.0. The zero-order valence-corrected chi connectivity index (χ0v) is 36.7. The molecule has 64 heavy (non-hydrogen) atoms. The van der Waals surface area contributed by atoms with Gasteiger partial charge >= 0.3 is 0 Å². The second-order valence-corrected chi connectivity index (χ2v) is 18.4. The number of nitrogens with zero attached hydrogens (tertiary/aromatic N) is 6. The Morgan fingerprint density at radius 3 is 1.41 bits per heavy atom. The lowest BCUT2D eigenvalue weighted by molar-refractivity contribution is -0.128. The van der Waals surface area contributed by atoms with Gasteiger partial charge in [0.25, 0.3) is 11.1 Å². The maximum absolute atomic E-state index is 13.3. The number of likely N-dealkylation sites (tertiary alicyclic amines) is 2. The molecule has 4 aliphatic heterocycles. The number of carbonyl (C=O) groups excluding carboxylic acids is 2. The number of hydrogen-bond acceptors (Lipinski definition) is 10. The smallest absolute Gasteiger partial charge is 0.258 e. The van der Waals surface area contributed by atoms with Gasteiger partial charge in [0.2, 0.25) is 11.8 Å². The third-order valence-corrected chi connectivity index (χ3v) is 14.3. The molecule has 336 valence electrons. The molecule has 8 heterocycles. The van der Waals surface area contributed by atoms with Crippen LogP contribution in [-0.4, -0.2) is 89.3 Å². The predicted octanol–water partition coefficient (Wildman–Crippen LogP) is 3.93. The highest BCUT2D eigenvalue weighted by atomic mass is 16.3. The highest BCUT2D eigenvalue weighted by Crippen LogP contribution is 2.51. The van der Waals surface area contributed by atoms with Crippen molar-refractivity contribution < 1.29 is 19.8 Å². The number of allylic oxidation sites excluding steroid dienone is 2. The maximum Gasteiger partial charge on any atom is 0.258 e. The zero-order valence-electron chi connectivity index (χ0n) is 36.7. The van der Waals surface area contributed by atoms with Crippen LogP contribution in [0.25, 0.3) is 12.2 Å². The lowest BCUT2D eigenvalue weighted by atomic mass is 9.88. The molecule has 0 radical (unpaired) electrons. The highest BCUT2D eigenvalue weighted by Gasteiger charge is 2.57. The van der Waals surface area contributed by atoms with Gasteiger partial charge in [-0.3, -0.25) is 38.9 Å². The molecule has 14 nitrogen and oxygen atoms in total. The van der Waals surface area contributed by atoms with E-state index in [1.165, 1.54) is 25.7 Å². The molecule has 4 N–H and O–H groups in total. The molecule has 0 aromatic carbocycles. The van der Waals surface area contributed by atoms with E-state index in [4.69, 9.17) is 0 Å². The van der Waals surface area contributed by atoms with E-state index in [0.717, 1.165) is 22.8 Å². The van der Waals surface area contributed by atoms with Crippen molar-refractivity contribution in [3.63, 3.8) is 0 Å². The van der Waals surface area contributed by atoms with E-state index in [1.807, 2.05) is 108 Å². The highest BCUT2D eigenvalue weighted by molar-refractivity contribution is 5.83. The Morgan fingerprint density at radius 1 is 0.641 bits per heavy atom. The van der Waals surface area contributed by atoms with Crippen LogP contribution in [0.2, 0.25) is 0 Å². The number of aliphatic hydroxyl groups is 2. The first kappa shape index (κ1) is 43.7. The van der Waals surface area contributed by atoms with Gasteiger partial charge in [-0.1, -0.05) is 36.4 Å². The summed E-state index contributed by atoms with van der Waals surface area (Å²) in [6.07, 6.45) is 15.6. The van der Waals surface area contributed by atoms with E-state index in [9.17, 15) is 29.4 Å². The van der Waals surface area contributed by atoms with Gasteiger partial charge in [-0.25, -0.2) is 0 Å². The van der Waals surface area contributed by atoms with Gasteiger partial charge < -0.3 is 30.0 Å². The third-order valence-electron chi connectivity index (χ3n) is 14.3. The first-order chi connectivity index (χ1) is 31.2. The molecule has 8 atom stereocenters. The number of fused-ring (bicyclic) bond motifs is 6. The van der Waals surface area contributed by atoms with Crippen LogP contribution in [0.15, 0.2) is 94.8 Å². The molecule has 14 heteroatoms. The molecular weight excluding hydrogens is 809 g/mol. The van der Waals surface area contributed by atoms with E-state index in [1.54, 1.807) is 12.4 Å². The number of aliphatic hydroxyl groups excluding tert-OH is 2. The molecule has 0 spiro atoms. The first-order valence-corrected chi connectivity index (χ1v) is 23.1. The summed E-state index contributed by atoms with van der Waals surface area (Å²) >= 11 is 0. The number of amides is 2. The van der Waals surface area contributed by atoms with Crippen LogP contribution in [0.4, 0.5) is 0 Å². The van der Waals surface area contributed by atoms with E-state index in [2.05, 4.69) is 30.4 Å². The Hall–Kier alpha value is -5.54. The SMILES string of the molecule is C/C=C/c1ccc2n(c1=O)C[C@H]1[C@H](CO)[C@@H](C(=O)NCC3CC3)N(Cc3ccccn3)[C@@H]21.C/C=C\c1ccc2n(c1=O)C[C@H]1[C@H](CO)[C@@H](C(=O)NCC3CC3)N(Cc3ccccn3)[C@@H]21. The van der Waals surface area contributed by atoms with E-state index in [-0.39, 0.29) is 71.9 Å². The maximum atomic E-state index is 13.3. The molecule has 2 aliphatic carbocycles. The Bertz CT molecular complexity index is 2330. The van der Waals surface area contributed by atoms with Crippen LogP contribution in [0.1, 0.15) is 85.5 Å². The summed E-state index contributed by atoms with van der Waals surface area (Å²) in [6.45, 7) is 7.02. The first-order valence-electron chi connectivity index (χ1n) is 23.1. The Balaban J connectivity index is 0.000000162. The fourth-order valence-corrected chi connectivity index (χ4v) is 10.9. The second-order valence-electron chi connectivity index (χ2n) is 18.4. The minimum atomic E-state index is -0.449. The van der Waals surface area contributed by atoms with Crippen LogP contribution in [0.5, 0.6) is 0 Å². The quantitative estimate of drug-likeness (QED) is 0.146. The second kappa shape index (κ2) is 18.9. The monoisotopic (exact) mass is 868 g/mol. The van der Waals surface area contributed by atoms with Gasteiger partial charge in [0.15, 0.2) is 0 Å². The van der Waals surface area contributed by atoms with E-state index < -0.39 is 12.1 Å².